The fourth-order valence-electron chi connectivity index (χ4n) is 1.76. The summed E-state index contributed by atoms with van der Waals surface area (Å²) in [6, 6.07) is -0.448. The van der Waals surface area contributed by atoms with Gasteiger partial charge >= 0.3 is 12.0 Å². The lowest BCUT2D eigenvalue weighted by Gasteiger charge is -2.24. The van der Waals surface area contributed by atoms with E-state index in [9.17, 15) is 9.59 Å². The molecule has 0 aromatic rings. The van der Waals surface area contributed by atoms with Crippen LogP contribution < -0.4 is 10.6 Å². The smallest absolute Gasteiger partial charge is 0.332 e. The first kappa shape index (κ1) is 15.1. The Morgan fingerprint density at radius 2 is 2.28 bits per heavy atom. The Hall–Kier alpha value is -0.950. The van der Waals surface area contributed by atoms with Crippen LogP contribution in [0.25, 0.3) is 0 Å². The number of thioether (sulfide) groups is 1. The number of ether oxygens (including phenoxy) is 1. The third kappa shape index (κ3) is 4.06. The normalized spacial score (nSPS) is 24.6. The maximum atomic E-state index is 11.7. The average Bonchev–Trinajstić information content (AvgIpc) is 2.77. The fraction of sp³-hybridized carbons (Fsp3) is 0.818. The number of carbonyl (C=O) groups excluding carboxylic acids is 1. The van der Waals surface area contributed by atoms with Crippen LogP contribution in [0, 0.1) is 5.92 Å². The van der Waals surface area contributed by atoms with E-state index in [0.717, 1.165) is 5.75 Å². The number of carboxylic acids is 1. The Bertz CT molecular complexity index is 305. The van der Waals surface area contributed by atoms with Gasteiger partial charge in [-0.3, -0.25) is 0 Å². The predicted octanol–water partition coefficient (Wildman–Crippen LogP) is 0.528. The second-order valence-electron chi connectivity index (χ2n) is 4.59. The topological polar surface area (TPSA) is 87.7 Å². The molecule has 1 rings (SSSR count). The van der Waals surface area contributed by atoms with Crippen LogP contribution in [0.1, 0.15) is 13.3 Å². The standard InChI is InChI=1S/C11H20N2O4S/c1-8(6-18-2)5-12-10(16)13-11(9(14)15)3-4-17-7-11/h8H,3-7H2,1-2H3,(H,14,15)(H2,12,13,16). The summed E-state index contributed by atoms with van der Waals surface area (Å²) in [6.45, 7) is 2.94. The zero-order valence-electron chi connectivity index (χ0n) is 10.7. The molecule has 0 saturated carbocycles. The van der Waals surface area contributed by atoms with Gasteiger partial charge in [0.15, 0.2) is 5.54 Å². The number of rotatable bonds is 6. The summed E-state index contributed by atoms with van der Waals surface area (Å²) in [4.78, 5) is 22.8. The van der Waals surface area contributed by atoms with Gasteiger partial charge in [0, 0.05) is 19.6 Å². The Morgan fingerprint density at radius 3 is 2.78 bits per heavy atom. The van der Waals surface area contributed by atoms with Crippen LogP contribution in [0.4, 0.5) is 4.79 Å². The van der Waals surface area contributed by atoms with Crippen molar-refractivity contribution < 1.29 is 19.4 Å². The molecule has 0 aromatic carbocycles. The van der Waals surface area contributed by atoms with Gasteiger partial charge in [-0.2, -0.15) is 11.8 Å². The fourth-order valence-corrected chi connectivity index (χ4v) is 2.44. The van der Waals surface area contributed by atoms with E-state index in [1.807, 2.05) is 13.2 Å². The van der Waals surface area contributed by atoms with Gasteiger partial charge in [0.25, 0.3) is 0 Å². The van der Waals surface area contributed by atoms with Crippen LogP contribution in [-0.4, -0.2) is 54.4 Å². The van der Waals surface area contributed by atoms with E-state index in [-0.39, 0.29) is 6.61 Å². The number of hydrogen-bond donors (Lipinski definition) is 3. The van der Waals surface area contributed by atoms with E-state index in [1.54, 1.807) is 11.8 Å². The number of amides is 2. The van der Waals surface area contributed by atoms with E-state index in [4.69, 9.17) is 9.84 Å². The van der Waals surface area contributed by atoms with Gasteiger partial charge in [0.1, 0.15) is 0 Å². The number of nitrogens with one attached hydrogen (secondary N) is 2. The lowest BCUT2D eigenvalue weighted by Crippen LogP contribution is -2.58. The molecule has 0 radical (unpaired) electrons. The second kappa shape index (κ2) is 6.84. The summed E-state index contributed by atoms with van der Waals surface area (Å²) >= 11 is 1.71. The monoisotopic (exact) mass is 276 g/mol. The predicted molar refractivity (Wildman–Crippen MR) is 69.9 cm³/mol. The molecule has 1 fully saturated rings. The van der Waals surface area contributed by atoms with Gasteiger partial charge in [-0.1, -0.05) is 6.92 Å². The molecule has 2 atom stereocenters. The Kier molecular flexibility index (Phi) is 5.74. The summed E-state index contributed by atoms with van der Waals surface area (Å²) in [7, 11) is 0. The highest BCUT2D eigenvalue weighted by molar-refractivity contribution is 7.98. The van der Waals surface area contributed by atoms with Crippen molar-refractivity contribution in [1.29, 1.82) is 0 Å². The van der Waals surface area contributed by atoms with E-state index in [2.05, 4.69) is 10.6 Å². The van der Waals surface area contributed by atoms with E-state index in [1.165, 1.54) is 0 Å². The van der Waals surface area contributed by atoms with Crippen LogP contribution in [0.2, 0.25) is 0 Å². The Balaban J connectivity index is 2.41. The average molecular weight is 276 g/mol. The lowest BCUT2D eigenvalue weighted by atomic mass is 9.99. The minimum atomic E-state index is -1.27. The highest BCUT2D eigenvalue weighted by Crippen LogP contribution is 2.18. The van der Waals surface area contributed by atoms with E-state index >= 15 is 0 Å². The molecule has 0 bridgehead atoms. The molecule has 6 nitrogen and oxygen atoms in total. The Morgan fingerprint density at radius 1 is 1.56 bits per heavy atom. The molecule has 0 aliphatic carbocycles. The Labute approximate surface area is 111 Å². The summed E-state index contributed by atoms with van der Waals surface area (Å²) in [5, 5.41) is 14.3. The molecule has 104 valence electrons. The molecular formula is C11H20N2O4S. The van der Waals surface area contributed by atoms with Gasteiger partial charge < -0.3 is 20.5 Å². The lowest BCUT2D eigenvalue weighted by molar-refractivity contribution is -0.144. The summed E-state index contributed by atoms with van der Waals surface area (Å²) in [5.74, 6) is 0.256. The largest absolute Gasteiger partial charge is 0.479 e. The summed E-state index contributed by atoms with van der Waals surface area (Å²) in [6.07, 6.45) is 2.31. The number of hydrogen-bond acceptors (Lipinski definition) is 4. The number of urea groups is 1. The van der Waals surface area contributed by atoms with Crippen molar-refractivity contribution in [1.82, 2.24) is 10.6 Å². The van der Waals surface area contributed by atoms with Crippen molar-refractivity contribution in [2.45, 2.75) is 18.9 Å². The summed E-state index contributed by atoms with van der Waals surface area (Å²) in [5.41, 5.74) is -1.27. The molecule has 18 heavy (non-hydrogen) atoms. The maximum Gasteiger partial charge on any atom is 0.332 e. The minimum absolute atomic E-state index is 0.0239. The second-order valence-corrected chi connectivity index (χ2v) is 5.50. The highest BCUT2D eigenvalue weighted by Gasteiger charge is 2.43. The van der Waals surface area contributed by atoms with Crippen molar-refractivity contribution in [2.24, 2.45) is 5.92 Å². The SMILES string of the molecule is CSCC(C)CNC(=O)NC1(C(=O)O)CCOC1. The molecule has 2 unspecified atom stereocenters. The van der Waals surface area contributed by atoms with Gasteiger partial charge in [0.2, 0.25) is 0 Å². The van der Waals surface area contributed by atoms with E-state index in [0.29, 0.717) is 25.5 Å². The molecule has 1 saturated heterocycles. The molecular weight excluding hydrogens is 256 g/mol. The number of aliphatic carboxylic acids is 1. The van der Waals surface area contributed by atoms with Crippen LogP contribution in [0.5, 0.6) is 0 Å². The molecule has 1 heterocycles. The van der Waals surface area contributed by atoms with Gasteiger partial charge in [-0.05, 0) is 17.9 Å². The zero-order chi connectivity index (χ0) is 13.6. The molecule has 0 spiro atoms. The first-order chi connectivity index (χ1) is 8.50. The van der Waals surface area contributed by atoms with Crippen molar-refractivity contribution in [2.75, 3.05) is 31.8 Å². The van der Waals surface area contributed by atoms with Crippen molar-refractivity contribution in [3.63, 3.8) is 0 Å². The molecule has 1 aliphatic rings. The van der Waals surface area contributed by atoms with Crippen LogP contribution in [0.15, 0.2) is 0 Å². The maximum absolute atomic E-state index is 11.7. The molecule has 2 amide bonds. The van der Waals surface area contributed by atoms with Crippen LogP contribution >= 0.6 is 11.8 Å². The van der Waals surface area contributed by atoms with Gasteiger partial charge in [-0.15, -0.1) is 0 Å². The zero-order valence-corrected chi connectivity index (χ0v) is 11.5. The summed E-state index contributed by atoms with van der Waals surface area (Å²) < 4.78 is 5.06. The van der Waals surface area contributed by atoms with Crippen molar-refractivity contribution in [3.8, 4) is 0 Å². The minimum Gasteiger partial charge on any atom is -0.479 e. The van der Waals surface area contributed by atoms with Gasteiger partial charge in [0.05, 0.1) is 6.61 Å². The number of carbonyl (C=O) groups is 2. The molecule has 3 N–H and O–H groups in total. The van der Waals surface area contributed by atoms with Crippen LogP contribution in [-0.2, 0) is 9.53 Å². The quantitative estimate of drug-likeness (QED) is 0.658. The van der Waals surface area contributed by atoms with E-state index < -0.39 is 17.5 Å². The molecule has 7 heteroatoms. The molecule has 0 aromatic heterocycles. The highest BCUT2D eigenvalue weighted by atomic mass is 32.2. The van der Waals surface area contributed by atoms with Gasteiger partial charge in [-0.25, -0.2) is 9.59 Å². The third-order valence-electron chi connectivity index (χ3n) is 2.85. The first-order valence-electron chi connectivity index (χ1n) is 5.86. The molecule has 1 aliphatic heterocycles. The van der Waals surface area contributed by atoms with Crippen molar-refractivity contribution >= 4 is 23.8 Å². The third-order valence-corrected chi connectivity index (χ3v) is 3.75. The number of carboxylic acid groups (broad SMARTS) is 1. The van der Waals surface area contributed by atoms with Crippen LogP contribution in [0.3, 0.4) is 0 Å². The first-order valence-corrected chi connectivity index (χ1v) is 7.25. The van der Waals surface area contributed by atoms with Crippen molar-refractivity contribution in [3.05, 3.63) is 0 Å².